The number of hydrogen-bond acceptors (Lipinski definition) is 3. The lowest BCUT2D eigenvalue weighted by Crippen LogP contribution is -2.43. The summed E-state index contributed by atoms with van der Waals surface area (Å²) in [5.41, 5.74) is 0.792. The fourth-order valence-corrected chi connectivity index (χ4v) is 2.47. The van der Waals surface area contributed by atoms with Crippen molar-refractivity contribution in [3.05, 3.63) is 29.8 Å². The zero-order chi connectivity index (χ0) is 14.5. The Morgan fingerprint density at radius 2 is 1.95 bits per heavy atom. The number of piperidine rings is 1. The molecule has 20 heavy (non-hydrogen) atoms. The van der Waals surface area contributed by atoms with Gasteiger partial charge in [0.1, 0.15) is 5.75 Å². The minimum atomic E-state index is -0.536. The first-order valence-electron chi connectivity index (χ1n) is 7.31. The van der Waals surface area contributed by atoms with Crippen LogP contribution in [-0.2, 0) is 4.79 Å². The highest BCUT2D eigenvalue weighted by atomic mass is 16.5. The number of ether oxygens (including phenoxy) is 1. The van der Waals surface area contributed by atoms with Crippen LogP contribution in [0.25, 0.3) is 0 Å². The third kappa shape index (κ3) is 3.73. The maximum absolute atomic E-state index is 12.3. The third-order valence-corrected chi connectivity index (χ3v) is 3.67. The van der Waals surface area contributed by atoms with Crippen LogP contribution in [0.3, 0.4) is 0 Å². The van der Waals surface area contributed by atoms with Crippen molar-refractivity contribution in [2.24, 2.45) is 0 Å². The zero-order valence-electron chi connectivity index (χ0n) is 12.2. The molecule has 1 unspecified atom stereocenters. The van der Waals surface area contributed by atoms with Gasteiger partial charge in [0, 0.05) is 13.1 Å². The molecule has 0 bridgehead atoms. The van der Waals surface area contributed by atoms with Crippen LogP contribution in [0.1, 0.15) is 44.8 Å². The summed E-state index contributed by atoms with van der Waals surface area (Å²) in [5.74, 6) is 0.674. The van der Waals surface area contributed by atoms with E-state index in [-0.39, 0.29) is 5.91 Å². The Morgan fingerprint density at radius 1 is 1.25 bits per heavy atom. The average Bonchev–Trinajstić information content (AvgIpc) is 2.47. The summed E-state index contributed by atoms with van der Waals surface area (Å²) in [7, 11) is 0. The Hall–Kier alpha value is -1.55. The molecule has 1 aliphatic heterocycles. The van der Waals surface area contributed by atoms with E-state index in [1.54, 1.807) is 19.9 Å². The molecule has 0 radical (unpaired) electrons. The highest BCUT2D eigenvalue weighted by Gasteiger charge is 2.23. The Bertz CT molecular complexity index is 453. The number of aliphatic hydroxyl groups is 1. The van der Waals surface area contributed by atoms with Gasteiger partial charge in [0.25, 0.3) is 5.91 Å². The van der Waals surface area contributed by atoms with Gasteiger partial charge in [-0.3, -0.25) is 4.79 Å². The number of rotatable bonds is 4. The van der Waals surface area contributed by atoms with E-state index in [1.165, 1.54) is 6.42 Å². The second kappa shape index (κ2) is 6.75. The van der Waals surface area contributed by atoms with E-state index in [0.29, 0.717) is 5.75 Å². The van der Waals surface area contributed by atoms with Crippen LogP contribution < -0.4 is 4.74 Å². The molecule has 2 atom stereocenters. The van der Waals surface area contributed by atoms with Gasteiger partial charge >= 0.3 is 0 Å². The fraction of sp³-hybridized carbons (Fsp3) is 0.562. The molecule has 1 saturated heterocycles. The highest BCUT2D eigenvalue weighted by Crippen LogP contribution is 2.20. The molecule has 0 aliphatic carbocycles. The number of carbonyl (C=O) groups is 1. The predicted molar refractivity (Wildman–Crippen MR) is 77.6 cm³/mol. The second-order valence-corrected chi connectivity index (χ2v) is 5.39. The lowest BCUT2D eigenvalue weighted by atomic mass is 10.1. The molecule has 1 amide bonds. The van der Waals surface area contributed by atoms with Gasteiger partial charge < -0.3 is 14.7 Å². The van der Waals surface area contributed by atoms with Crippen LogP contribution >= 0.6 is 0 Å². The highest BCUT2D eigenvalue weighted by molar-refractivity contribution is 5.81. The van der Waals surface area contributed by atoms with Crippen LogP contribution in [0.15, 0.2) is 24.3 Å². The predicted octanol–water partition coefficient (Wildman–Crippen LogP) is 2.52. The van der Waals surface area contributed by atoms with Crippen LogP contribution in [0, 0.1) is 0 Å². The molecule has 4 nitrogen and oxygen atoms in total. The first-order valence-corrected chi connectivity index (χ1v) is 7.31. The van der Waals surface area contributed by atoms with Gasteiger partial charge in [0.05, 0.1) is 6.10 Å². The van der Waals surface area contributed by atoms with E-state index >= 15 is 0 Å². The summed E-state index contributed by atoms with van der Waals surface area (Å²) >= 11 is 0. The molecule has 0 spiro atoms. The quantitative estimate of drug-likeness (QED) is 0.920. The number of amides is 1. The number of carbonyl (C=O) groups excluding carboxylic acids is 1. The smallest absolute Gasteiger partial charge is 0.263 e. The van der Waals surface area contributed by atoms with E-state index in [2.05, 4.69) is 0 Å². The van der Waals surface area contributed by atoms with Crippen molar-refractivity contribution >= 4 is 5.91 Å². The van der Waals surface area contributed by atoms with Crippen molar-refractivity contribution in [3.63, 3.8) is 0 Å². The molecule has 4 heteroatoms. The molecule has 110 valence electrons. The van der Waals surface area contributed by atoms with Crippen molar-refractivity contribution in [2.75, 3.05) is 13.1 Å². The van der Waals surface area contributed by atoms with E-state index < -0.39 is 12.2 Å². The minimum absolute atomic E-state index is 0.0483. The van der Waals surface area contributed by atoms with E-state index in [0.717, 1.165) is 31.5 Å². The van der Waals surface area contributed by atoms with Crippen LogP contribution in [0.5, 0.6) is 5.75 Å². The average molecular weight is 277 g/mol. The Morgan fingerprint density at radius 3 is 2.60 bits per heavy atom. The summed E-state index contributed by atoms with van der Waals surface area (Å²) in [6.07, 6.45) is 2.34. The largest absolute Gasteiger partial charge is 0.481 e. The molecule has 1 fully saturated rings. The number of aliphatic hydroxyl groups excluding tert-OH is 1. The van der Waals surface area contributed by atoms with Crippen LogP contribution in [-0.4, -0.2) is 35.1 Å². The number of nitrogens with zero attached hydrogens (tertiary/aromatic N) is 1. The standard InChI is InChI=1S/C16H23NO3/c1-12(18)14-7-6-8-15(11-14)20-13(2)16(19)17-9-4-3-5-10-17/h6-8,11-13,18H,3-5,9-10H2,1-2H3/t12-,13?/m0/s1. The van der Waals surface area contributed by atoms with E-state index in [9.17, 15) is 9.90 Å². The molecular weight excluding hydrogens is 254 g/mol. The van der Waals surface area contributed by atoms with Gasteiger partial charge in [-0.25, -0.2) is 0 Å². The van der Waals surface area contributed by atoms with Crippen LogP contribution in [0.4, 0.5) is 0 Å². The fourth-order valence-electron chi connectivity index (χ4n) is 2.47. The van der Waals surface area contributed by atoms with Gasteiger partial charge in [-0.15, -0.1) is 0 Å². The SMILES string of the molecule is CC(Oc1cccc([C@H](C)O)c1)C(=O)N1CCCCC1. The van der Waals surface area contributed by atoms with E-state index in [1.807, 2.05) is 23.1 Å². The monoisotopic (exact) mass is 277 g/mol. The van der Waals surface area contributed by atoms with Crippen molar-refractivity contribution < 1.29 is 14.6 Å². The van der Waals surface area contributed by atoms with Crippen molar-refractivity contribution in [1.29, 1.82) is 0 Å². The lowest BCUT2D eigenvalue weighted by Gasteiger charge is -2.29. The molecule has 2 rings (SSSR count). The van der Waals surface area contributed by atoms with Gasteiger partial charge in [-0.05, 0) is 50.8 Å². The Kier molecular flexibility index (Phi) is 5.01. The summed E-state index contributed by atoms with van der Waals surface area (Å²) in [6.45, 7) is 5.16. The van der Waals surface area contributed by atoms with Gasteiger partial charge in [-0.2, -0.15) is 0 Å². The van der Waals surface area contributed by atoms with Gasteiger partial charge in [-0.1, -0.05) is 12.1 Å². The Balaban J connectivity index is 1.97. The number of likely N-dealkylation sites (tertiary alicyclic amines) is 1. The first-order chi connectivity index (χ1) is 9.58. The minimum Gasteiger partial charge on any atom is -0.481 e. The molecule has 0 aromatic heterocycles. The summed E-state index contributed by atoms with van der Waals surface area (Å²) in [6, 6.07) is 7.26. The first kappa shape index (κ1) is 14.9. The third-order valence-electron chi connectivity index (χ3n) is 3.67. The molecule has 1 aromatic carbocycles. The van der Waals surface area contributed by atoms with Crippen LogP contribution in [0.2, 0.25) is 0 Å². The lowest BCUT2D eigenvalue weighted by molar-refractivity contribution is -0.138. The summed E-state index contributed by atoms with van der Waals surface area (Å²) < 4.78 is 5.72. The molecular formula is C16H23NO3. The number of hydrogen-bond donors (Lipinski definition) is 1. The van der Waals surface area contributed by atoms with Crippen molar-refractivity contribution in [2.45, 2.75) is 45.3 Å². The van der Waals surface area contributed by atoms with Gasteiger partial charge in [0.2, 0.25) is 0 Å². The number of benzene rings is 1. The topological polar surface area (TPSA) is 49.8 Å². The molecule has 1 N–H and O–H groups in total. The van der Waals surface area contributed by atoms with E-state index in [4.69, 9.17) is 4.74 Å². The summed E-state index contributed by atoms with van der Waals surface area (Å²) in [4.78, 5) is 14.2. The Labute approximate surface area is 120 Å². The molecule has 1 aromatic rings. The zero-order valence-corrected chi connectivity index (χ0v) is 12.2. The maximum Gasteiger partial charge on any atom is 0.263 e. The van der Waals surface area contributed by atoms with Gasteiger partial charge in [0.15, 0.2) is 6.10 Å². The maximum atomic E-state index is 12.3. The summed E-state index contributed by atoms with van der Waals surface area (Å²) in [5, 5.41) is 9.56. The molecule has 1 aliphatic rings. The normalized spacial score (nSPS) is 18.4. The molecule has 0 saturated carbocycles. The molecule has 1 heterocycles. The van der Waals surface area contributed by atoms with Crippen molar-refractivity contribution in [1.82, 2.24) is 4.90 Å². The van der Waals surface area contributed by atoms with Crippen molar-refractivity contribution in [3.8, 4) is 5.75 Å². The second-order valence-electron chi connectivity index (χ2n) is 5.39.